The third kappa shape index (κ3) is 3.34. The van der Waals surface area contributed by atoms with Crippen molar-refractivity contribution in [2.24, 2.45) is 0 Å². The van der Waals surface area contributed by atoms with E-state index in [1.54, 1.807) is 32.4 Å². The number of carbonyl (C=O) groups is 1. The molecule has 0 saturated heterocycles. The van der Waals surface area contributed by atoms with Crippen LogP contribution in [0.2, 0.25) is 0 Å². The molecule has 0 bridgehead atoms. The average molecular weight is 241 g/mol. The number of methoxy groups -OCH3 is 2. The van der Waals surface area contributed by atoms with Gasteiger partial charge in [0.15, 0.2) is 0 Å². The zero-order valence-corrected chi connectivity index (χ0v) is 10.4. The second kappa shape index (κ2) is 6.27. The van der Waals surface area contributed by atoms with Crippen molar-refractivity contribution in [1.29, 1.82) is 0 Å². The van der Waals surface area contributed by atoms with E-state index in [-0.39, 0.29) is 5.91 Å². The number of hydrogen-bond acceptors (Lipinski definition) is 4. The Kier molecular flexibility index (Phi) is 4.98. The fourth-order valence-electron chi connectivity index (χ4n) is 1.23. The molecule has 0 aliphatic rings. The van der Waals surface area contributed by atoms with Crippen molar-refractivity contribution in [2.45, 2.75) is 0 Å². The molecule has 16 heavy (non-hydrogen) atoms. The number of nitrogens with one attached hydrogen (secondary N) is 1. The van der Waals surface area contributed by atoms with E-state index in [0.29, 0.717) is 22.9 Å². The second-order valence-corrected chi connectivity index (χ2v) is 3.91. The monoisotopic (exact) mass is 241 g/mol. The molecule has 5 heteroatoms. The van der Waals surface area contributed by atoms with Crippen LogP contribution >= 0.6 is 11.8 Å². The Morgan fingerprint density at radius 3 is 2.69 bits per heavy atom. The fraction of sp³-hybridized carbons (Fsp3) is 0.364. The van der Waals surface area contributed by atoms with Crippen molar-refractivity contribution >= 4 is 23.4 Å². The van der Waals surface area contributed by atoms with Crippen LogP contribution in [0.25, 0.3) is 0 Å². The maximum Gasteiger partial charge on any atom is 0.234 e. The predicted molar refractivity (Wildman–Crippen MR) is 66.6 cm³/mol. The van der Waals surface area contributed by atoms with Crippen LogP contribution in [0.5, 0.6) is 11.5 Å². The predicted octanol–water partition coefficient (Wildman–Crippen LogP) is 2.01. The normalized spacial score (nSPS) is 9.69. The smallest absolute Gasteiger partial charge is 0.234 e. The van der Waals surface area contributed by atoms with Gasteiger partial charge in [-0.1, -0.05) is 0 Å². The molecule has 1 N–H and O–H groups in total. The van der Waals surface area contributed by atoms with E-state index in [1.807, 2.05) is 6.26 Å². The molecule has 1 aromatic rings. The summed E-state index contributed by atoms with van der Waals surface area (Å²) in [5.41, 5.74) is 0.626. The topological polar surface area (TPSA) is 47.6 Å². The SMILES string of the molecule is COc1ccc(OC)c(NC(=O)CSC)c1. The first kappa shape index (κ1) is 12.7. The molecule has 0 unspecified atom stereocenters. The van der Waals surface area contributed by atoms with Gasteiger partial charge in [0.25, 0.3) is 0 Å². The molecule has 1 aromatic carbocycles. The van der Waals surface area contributed by atoms with Gasteiger partial charge in [0.1, 0.15) is 11.5 Å². The Hall–Kier alpha value is -1.36. The first-order valence-corrected chi connectivity index (χ1v) is 6.11. The highest BCUT2D eigenvalue weighted by molar-refractivity contribution is 7.99. The minimum absolute atomic E-state index is 0.0564. The van der Waals surface area contributed by atoms with E-state index in [0.717, 1.165) is 0 Å². The Morgan fingerprint density at radius 2 is 2.12 bits per heavy atom. The molecule has 4 nitrogen and oxygen atoms in total. The molecular formula is C11H15NO3S. The maximum atomic E-state index is 11.5. The lowest BCUT2D eigenvalue weighted by Crippen LogP contribution is -2.14. The molecule has 0 aliphatic carbocycles. The summed E-state index contributed by atoms with van der Waals surface area (Å²) in [5, 5.41) is 2.77. The number of thioether (sulfide) groups is 1. The van der Waals surface area contributed by atoms with Gasteiger partial charge in [-0.25, -0.2) is 0 Å². The highest BCUT2D eigenvalue weighted by atomic mass is 32.2. The van der Waals surface area contributed by atoms with Crippen LogP contribution in [0.4, 0.5) is 5.69 Å². The van der Waals surface area contributed by atoms with Crippen LogP contribution in [-0.2, 0) is 4.79 Å². The minimum Gasteiger partial charge on any atom is -0.497 e. The molecular weight excluding hydrogens is 226 g/mol. The number of anilines is 1. The van der Waals surface area contributed by atoms with Gasteiger partial charge in [-0.2, -0.15) is 11.8 Å². The van der Waals surface area contributed by atoms with Crippen molar-refractivity contribution in [1.82, 2.24) is 0 Å². The number of hydrogen-bond donors (Lipinski definition) is 1. The van der Waals surface area contributed by atoms with Crippen LogP contribution in [0.3, 0.4) is 0 Å². The zero-order chi connectivity index (χ0) is 12.0. The molecule has 0 aliphatic heterocycles. The summed E-state index contributed by atoms with van der Waals surface area (Å²) in [4.78, 5) is 11.5. The van der Waals surface area contributed by atoms with E-state index in [4.69, 9.17) is 9.47 Å². The lowest BCUT2D eigenvalue weighted by atomic mass is 10.2. The molecule has 1 amide bonds. The first-order valence-electron chi connectivity index (χ1n) is 4.72. The Labute approximate surface area is 99.3 Å². The number of amides is 1. The standard InChI is InChI=1S/C11H15NO3S/c1-14-8-4-5-10(15-2)9(6-8)12-11(13)7-16-3/h4-6H,7H2,1-3H3,(H,12,13). The number of carbonyl (C=O) groups excluding carboxylic acids is 1. The van der Waals surface area contributed by atoms with Crippen molar-refractivity contribution in [3.63, 3.8) is 0 Å². The van der Waals surface area contributed by atoms with Gasteiger partial charge in [0.05, 0.1) is 25.7 Å². The van der Waals surface area contributed by atoms with Crippen LogP contribution in [0.15, 0.2) is 18.2 Å². The summed E-state index contributed by atoms with van der Waals surface area (Å²) < 4.78 is 10.2. The molecule has 0 atom stereocenters. The molecule has 0 spiro atoms. The third-order valence-corrected chi connectivity index (χ3v) is 2.51. The molecule has 0 heterocycles. The molecule has 88 valence electrons. The minimum atomic E-state index is -0.0564. The van der Waals surface area contributed by atoms with Gasteiger partial charge in [0.2, 0.25) is 5.91 Å². The first-order chi connectivity index (χ1) is 7.71. The summed E-state index contributed by atoms with van der Waals surface area (Å²) in [6.07, 6.45) is 1.88. The summed E-state index contributed by atoms with van der Waals surface area (Å²) in [5.74, 6) is 1.66. The Bertz CT molecular complexity index is 368. The van der Waals surface area contributed by atoms with E-state index in [1.165, 1.54) is 11.8 Å². The molecule has 1 rings (SSSR count). The second-order valence-electron chi connectivity index (χ2n) is 3.05. The Morgan fingerprint density at radius 1 is 1.38 bits per heavy atom. The third-order valence-electron chi connectivity index (χ3n) is 1.96. The summed E-state index contributed by atoms with van der Waals surface area (Å²) in [7, 11) is 3.14. The lowest BCUT2D eigenvalue weighted by molar-refractivity contribution is -0.113. The van der Waals surface area contributed by atoms with Crippen molar-refractivity contribution in [3.8, 4) is 11.5 Å². The maximum absolute atomic E-state index is 11.5. The number of rotatable bonds is 5. The molecule has 0 fully saturated rings. The molecule has 0 radical (unpaired) electrons. The number of ether oxygens (including phenoxy) is 2. The summed E-state index contributed by atoms with van der Waals surface area (Å²) >= 11 is 1.47. The zero-order valence-electron chi connectivity index (χ0n) is 9.57. The highest BCUT2D eigenvalue weighted by Gasteiger charge is 2.08. The van der Waals surface area contributed by atoms with Gasteiger partial charge in [0, 0.05) is 6.07 Å². The fourth-order valence-corrected chi connectivity index (χ4v) is 1.56. The van der Waals surface area contributed by atoms with E-state index in [2.05, 4.69) is 5.32 Å². The van der Waals surface area contributed by atoms with E-state index < -0.39 is 0 Å². The van der Waals surface area contributed by atoms with Crippen LogP contribution in [-0.4, -0.2) is 32.1 Å². The Balaban J connectivity index is 2.86. The van der Waals surface area contributed by atoms with Gasteiger partial charge in [-0.15, -0.1) is 0 Å². The largest absolute Gasteiger partial charge is 0.497 e. The van der Waals surface area contributed by atoms with Crippen LogP contribution < -0.4 is 14.8 Å². The summed E-state index contributed by atoms with van der Waals surface area (Å²) in [6.45, 7) is 0. The summed E-state index contributed by atoms with van der Waals surface area (Å²) in [6, 6.07) is 5.27. The van der Waals surface area contributed by atoms with Gasteiger partial charge in [-0.3, -0.25) is 4.79 Å². The van der Waals surface area contributed by atoms with Crippen molar-refractivity contribution in [3.05, 3.63) is 18.2 Å². The number of benzene rings is 1. The van der Waals surface area contributed by atoms with E-state index >= 15 is 0 Å². The highest BCUT2D eigenvalue weighted by Crippen LogP contribution is 2.28. The lowest BCUT2D eigenvalue weighted by Gasteiger charge is -2.11. The molecule has 0 aromatic heterocycles. The quantitative estimate of drug-likeness (QED) is 0.856. The average Bonchev–Trinajstić information content (AvgIpc) is 2.29. The van der Waals surface area contributed by atoms with Crippen molar-refractivity contribution in [2.75, 3.05) is 31.5 Å². The van der Waals surface area contributed by atoms with Crippen molar-refractivity contribution < 1.29 is 14.3 Å². The van der Waals surface area contributed by atoms with Crippen LogP contribution in [0.1, 0.15) is 0 Å². The van der Waals surface area contributed by atoms with Gasteiger partial charge in [-0.05, 0) is 18.4 Å². The van der Waals surface area contributed by atoms with Crippen LogP contribution in [0, 0.1) is 0 Å². The van der Waals surface area contributed by atoms with E-state index in [9.17, 15) is 4.79 Å². The van der Waals surface area contributed by atoms with Gasteiger partial charge < -0.3 is 14.8 Å². The molecule has 0 saturated carbocycles. The van der Waals surface area contributed by atoms with Gasteiger partial charge >= 0.3 is 0 Å².